The molecule has 0 aromatic heterocycles. The minimum absolute atomic E-state index is 0.0459. The Hall–Kier alpha value is -0.760. The van der Waals surface area contributed by atoms with Gasteiger partial charge in [-0.15, -0.1) is 0 Å². The molecule has 1 amide bonds. The number of nitrogens with zero attached hydrogens (tertiary/aromatic N) is 2. The molecule has 2 atom stereocenters. The number of carbonyl (C=O) groups excluding carboxylic acids is 1. The van der Waals surface area contributed by atoms with Crippen LogP contribution in [0.15, 0.2) is 23.2 Å². The molecule has 2 fully saturated rings. The number of rotatable bonds is 2. The molecule has 0 bridgehead atoms. The van der Waals surface area contributed by atoms with Gasteiger partial charge >= 0.3 is 0 Å². The average molecular weight is 393 g/mol. The van der Waals surface area contributed by atoms with Gasteiger partial charge in [0.2, 0.25) is 5.91 Å². The number of hydrogen-bond acceptors (Lipinski definition) is 4. The first-order valence-electron chi connectivity index (χ1n) is 7.03. The Balaban J connectivity index is 2.04. The zero-order chi connectivity index (χ0) is 16.8. The Kier molecular flexibility index (Phi) is 4.66. The molecule has 0 spiro atoms. The van der Waals surface area contributed by atoms with E-state index in [2.05, 4.69) is 4.99 Å². The highest BCUT2D eigenvalue weighted by Gasteiger charge is 2.49. The number of hydrogen-bond donors (Lipinski definition) is 0. The van der Waals surface area contributed by atoms with Gasteiger partial charge in [-0.25, -0.2) is 8.42 Å². The van der Waals surface area contributed by atoms with E-state index in [0.29, 0.717) is 27.3 Å². The summed E-state index contributed by atoms with van der Waals surface area (Å²) < 4.78 is 23.9. The van der Waals surface area contributed by atoms with Crippen LogP contribution in [0.5, 0.6) is 0 Å². The van der Waals surface area contributed by atoms with Crippen LogP contribution in [-0.4, -0.2) is 42.3 Å². The van der Waals surface area contributed by atoms with Crippen molar-refractivity contribution in [1.82, 2.24) is 0 Å². The summed E-state index contributed by atoms with van der Waals surface area (Å²) in [5.74, 6) is -0.0932. The normalized spacial score (nSPS) is 27.4. The minimum Gasteiger partial charge on any atom is -0.316 e. The van der Waals surface area contributed by atoms with E-state index in [0.717, 1.165) is 0 Å². The number of sulfone groups is 1. The van der Waals surface area contributed by atoms with Crippen LogP contribution in [0.3, 0.4) is 0 Å². The molecule has 0 saturated carbocycles. The quantitative estimate of drug-likeness (QED) is 0.773. The van der Waals surface area contributed by atoms with Gasteiger partial charge in [0.1, 0.15) is 0 Å². The van der Waals surface area contributed by atoms with Gasteiger partial charge in [-0.05, 0) is 18.2 Å². The predicted octanol–water partition coefficient (Wildman–Crippen LogP) is 3.00. The second-order valence-corrected chi connectivity index (χ2v) is 9.59. The van der Waals surface area contributed by atoms with Crippen LogP contribution >= 0.6 is 35.0 Å². The predicted molar refractivity (Wildman–Crippen MR) is 95.5 cm³/mol. The lowest BCUT2D eigenvalue weighted by molar-refractivity contribution is -0.117. The topological polar surface area (TPSA) is 66.8 Å². The smallest absolute Gasteiger partial charge is 0.247 e. The van der Waals surface area contributed by atoms with E-state index in [4.69, 9.17) is 23.2 Å². The fourth-order valence-corrected chi connectivity index (χ4v) is 6.91. The van der Waals surface area contributed by atoms with Crippen molar-refractivity contribution in [2.45, 2.75) is 24.6 Å². The van der Waals surface area contributed by atoms with Crippen molar-refractivity contribution < 1.29 is 13.2 Å². The molecule has 0 aliphatic carbocycles. The van der Waals surface area contributed by atoms with Crippen molar-refractivity contribution in [3.8, 4) is 0 Å². The second kappa shape index (κ2) is 6.27. The van der Waals surface area contributed by atoms with Crippen molar-refractivity contribution in [1.29, 1.82) is 0 Å². The fraction of sp³-hybridized carbons (Fsp3) is 0.429. The van der Waals surface area contributed by atoms with Crippen molar-refractivity contribution in [2.75, 3.05) is 16.4 Å². The first-order valence-corrected chi connectivity index (χ1v) is 10.5. The molecule has 124 valence electrons. The van der Waals surface area contributed by atoms with E-state index in [-0.39, 0.29) is 28.7 Å². The van der Waals surface area contributed by atoms with Crippen LogP contribution < -0.4 is 4.90 Å². The van der Waals surface area contributed by atoms with E-state index in [1.807, 2.05) is 0 Å². The zero-order valence-corrected chi connectivity index (χ0v) is 15.3. The molecule has 0 N–H and O–H groups in total. The minimum atomic E-state index is -3.08. The Morgan fingerprint density at radius 3 is 2.74 bits per heavy atom. The molecule has 3 rings (SSSR count). The SMILES string of the molecule is CCC(=O)N=C1S[C@@H]2CS(=O)(=O)C[C@@H]2N1c1ccc(Cl)c(Cl)c1. The largest absolute Gasteiger partial charge is 0.316 e. The van der Waals surface area contributed by atoms with Gasteiger partial charge in [-0.3, -0.25) is 4.79 Å². The average Bonchev–Trinajstić information content (AvgIpc) is 2.93. The summed E-state index contributed by atoms with van der Waals surface area (Å²) >= 11 is 13.4. The number of anilines is 1. The third-order valence-corrected chi connectivity index (χ3v) is 7.72. The molecule has 5 nitrogen and oxygen atoms in total. The van der Waals surface area contributed by atoms with E-state index in [1.54, 1.807) is 30.0 Å². The molecular weight excluding hydrogens is 379 g/mol. The maximum Gasteiger partial charge on any atom is 0.247 e. The van der Waals surface area contributed by atoms with Crippen LogP contribution in [0.1, 0.15) is 13.3 Å². The maximum atomic E-state index is 11.9. The number of fused-ring (bicyclic) bond motifs is 1. The number of aliphatic imine (C=N–C) groups is 1. The zero-order valence-electron chi connectivity index (χ0n) is 12.2. The fourth-order valence-electron chi connectivity index (χ4n) is 2.69. The number of benzene rings is 1. The highest BCUT2D eigenvalue weighted by Crippen LogP contribution is 2.42. The van der Waals surface area contributed by atoms with Crippen LogP contribution in [0.25, 0.3) is 0 Å². The summed E-state index contributed by atoms with van der Waals surface area (Å²) in [5.41, 5.74) is 0.694. The standard InChI is InChI=1S/C14H14Cl2N2O3S2/c1-2-13(19)17-14-18(8-3-4-9(15)10(16)5-8)11-6-23(20,21)7-12(11)22-14/h3-5,11-12H,2,6-7H2,1H3/t11-,12+/m0/s1. The van der Waals surface area contributed by atoms with E-state index in [9.17, 15) is 13.2 Å². The third kappa shape index (κ3) is 3.38. The summed E-state index contributed by atoms with van der Waals surface area (Å²) in [4.78, 5) is 17.7. The first kappa shape index (κ1) is 17.1. The number of amidine groups is 1. The molecule has 2 aliphatic heterocycles. The lowest BCUT2D eigenvalue weighted by Gasteiger charge is -2.24. The summed E-state index contributed by atoms with van der Waals surface area (Å²) in [6.45, 7) is 1.74. The van der Waals surface area contributed by atoms with E-state index >= 15 is 0 Å². The van der Waals surface area contributed by atoms with Crippen LogP contribution in [-0.2, 0) is 14.6 Å². The van der Waals surface area contributed by atoms with Gasteiger partial charge in [0.05, 0.1) is 27.6 Å². The molecule has 1 aromatic carbocycles. The van der Waals surface area contributed by atoms with E-state index < -0.39 is 9.84 Å². The van der Waals surface area contributed by atoms with Gasteiger partial charge in [-0.2, -0.15) is 4.99 Å². The number of halogens is 2. The molecule has 0 radical (unpaired) electrons. The highest BCUT2D eigenvalue weighted by molar-refractivity contribution is 8.16. The lowest BCUT2D eigenvalue weighted by Crippen LogP contribution is -2.37. The van der Waals surface area contributed by atoms with Crippen molar-refractivity contribution in [3.05, 3.63) is 28.2 Å². The first-order chi connectivity index (χ1) is 10.8. The Bertz CT molecular complexity index is 795. The summed E-state index contributed by atoms with van der Waals surface area (Å²) in [5, 5.41) is 1.19. The molecule has 9 heteroatoms. The van der Waals surface area contributed by atoms with Crippen molar-refractivity contribution in [3.63, 3.8) is 0 Å². The molecule has 2 aliphatic rings. The molecule has 23 heavy (non-hydrogen) atoms. The summed E-state index contributed by atoms with van der Waals surface area (Å²) in [7, 11) is -3.08. The maximum absolute atomic E-state index is 11.9. The summed E-state index contributed by atoms with van der Waals surface area (Å²) in [6.07, 6.45) is 0.299. The van der Waals surface area contributed by atoms with Gasteiger partial charge in [0.25, 0.3) is 0 Å². The number of carbonyl (C=O) groups is 1. The number of amides is 1. The summed E-state index contributed by atoms with van der Waals surface area (Å²) in [6, 6.07) is 4.84. The Morgan fingerprint density at radius 2 is 2.09 bits per heavy atom. The van der Waals surface area contributed by atoms with Crippen LogP contribution in [0.4, 0.5) is 5.69 Å². The third-order valence-electron chi connectivity index (χ3n) is 3.77. The van der Waals surface area contributed by atoms with Crippen LogP contribution in [0, 0.1) is 0 Å². The van der Waals surface area contributed by atoms with Crippen molar-refractivity contribution in [2.24, 2.45) is 4.99 Å². The number of thioether (sulfide) groups is 1. The molecule has 1 aromatic rings. The van der Waals surface area contributed by atoms with Gasteiger partial charge in [0, 0.05) is 17.4 Å². The lowest BCUT2D eigenvalue weighted by atomic mass is 10.2. The molecule has 2 saturated heterocycles. The Labute approximate surface area is 149 Å². The molecule has 0 unspecified atom stereocenters. The van der Waals surface area contributed by atoms with Gasteiger partial charge in [-0.1, -0.05) is 41.9 Å². The van der Waals surface area contributed by atoms with Gasteiger partial charge in [0.15, 0.2) is 15.0 Å². The van der Waals surface area contributed by atoms with Crippen molar-refractivity contribution >= 4 is 61.6 Å². The monoisotopic (exact) mass is 392 g/mol. The Morgan fingerprint density at radius 1 is 1.35 bits per heavy atom. The van der Waals surface area contributed by atoms with Crippen LogP contribution in [0.2, 0.25) is 10.0 Å². The molecular formula is C14H14Cl2N2O3S2. The molecule has 2 heterocycles. The van der Waals surface area contributed by atoms with Gasteiger partial charge < -0.3 is 4.90 Å². The highest BCUT2D eigenvalue weighted by atomic mass is 35.5. The van der Waals surface area contributed by atoms with E-state index in [1.165, 1.54) is 11.8 Å². The second-order valence-electron chi connectivity index (χ2n) is 5.41.